The van der Waals surface area contributed by atoms with E-state index in [9.17, 15) is 9.59 Å². The Hall–Kier alpha value is -2.30. The number of nitrogens with one attached hydrogen (secondary N) is 1. The maximum atomic E-state index is 11.8. The Balaban J connectivity index is 2.26. The Labute approximate surface area is 104 Å². The number of fused-ring (bicyclic) bond motifs is 3. The van der Waals surface area contributed by atoms with Crippen LogP contribution in [0.5, 0.6) is 0 Å². The normalized spacial score (nSPS) is 18.4. The lowest BCUT2D eigenvalue weighted by atomic mass is 10.1. The third-order valence-electron chi connectivity index (χ3n) is 3.33. The van der Waals surface area contributed by atoms with Gasteiger partial charge in [-0.2, -0.15) is 0 Å². The molecule has 0 saturated heterocycles. The zero-order valence-corrected chi connectivity index (χ0v) is 9.72. The van der Waals surface area contributed by atoms with E-state index in [2.05, 4.69) is 5.32 Å². The molecule has 0 spiro atoms. The van der Waals surface area contributed by atoms with Crippen molar-refractivity contribution in [3.8, 4) is 0 Å². The van der Waals surface area contributed by atoms with Crippen molar-refractivity contribution in [2.24, 2.45) is 0 Å². The lowest BCUT2D eigenvalue weighted by molar-refractivity contribution is -0.108. The Kier molecular flexibility index (Phi) is 2.33. The van der Waals surface area contributed by atoms with Crippen molar-refractivity contribution >= 4 is 28.8 Å². The Morgan fingerprint density at radius 1 is 1.44 bits per heavy atom. The smallest absolute Gasteiger partial charge is 0.268 e. The number of carbonyl (C=O) groups excluding carboxylic acids is 2. The molecular weight excluding hydrogens is 230 g/mol. The van der Waals surface area contributed by atoms with Crippen molar-refractivity contribution in [3.05, 3.63) is 30.0 Å². The molecule has 92 valence electrons. The zero-order valence-electron chi connectivity index (χ0n) is 9.72. The largest absolute Gasteiger partial charge is 0.399 e. The van der Waals surface area contributed by atoms with E-state index in [1.54, 1.807) is 6.07 Å². The van der Waals surface area contributed by atoms with Gasteiger partial charge in [-0.3, -0.25) is 4.79 Å². The highest BCUT2D eigenvalue weighted by molar-refractivity contribution is 6.00. The zero-order chi connectivity index (χ0) is 12.7. The minimum absolute atomic E-state index is 0.0173. The molecular formula is C13H13N3O2. The molecule has 1 aromatic heterocycles. The van der Waals surface area contributed by atoms with Gasteiger partial charge in [-0.1, -0.05) is 0 Å². The summed E-state index contributed by atoms with van der Waals surface area (Å²) in [6.45, 7) is 0.485. The molecule has 3 rings (SSSR count). The van der Waals surface area contributed by atoms with Gasteiger partial charge in [-0.05, 0) is 24.3 Å². The van der Waals surface area contributed by atoms with E-state index in [1.807, 2.05) is 22.8 Å². The van der Waals surface area contributed by atoms with E-state index in [1.165, 1.54) is 0 Å². The van der Waals surface area contributed by atoms with Crippen LogP contribution in [0.25, 0.3) is 10.9 Å². The van der Waals surface area contributed by atoms with E-state index in [4.69, 9.17) is 5.73 Å². The number of anilines is 1. The summed E-state index contributed by atoms with van der Waals surface area (Å²) in [5.41, 5.74) is 7.95. The highest BCUT2D eigenvalue weighted by Gasteiger charge is 2.26. The molecule has 0 saturated carbocycles. The number of benzene rings is 1. The number of hydrogen-bond acceptors (Lipinski definition) is 3. The number of nitrogens with two attached hydrogens (primary N) is 1. The molecule has 0 aliphatic carbocycles. The monoisotopic (exact) mass is 243 g/mol. The van der Waals surface area contributed by atoms with Crippen molar-refractivity contribution in [2.75, 3.05) is 12.3 Å². The van der Waals surface area contributed by atoms with Crippen molar-refractivity contribution in [3.63, 3.8) is 0 Å². The minimum atomic E-state index is -0.105. The van der Waals surface area contributed by atoms with Gasteiger partial charge in [0.15, 0.2) is 0 Å². The second-order valence-electron chi connectivity index (χ2n) is 4.48. The fraction of sp³-hybridized carbons (Fsp3) is 0.231. The molecule has 0 radical (unpaired) electrons. The van der Waals surface area contributed by atoms with Crippen molar-refractivity contribution in [1.29, 1.82) is 0 Å². The highest BCUT2D eigenvalue weighted by Crippen LogP contribution is 2.29. The first-order chi connectivity index (χ1) is 8.70. The minimum Gasteiger partial charge on any atom is -0.399 e. The molecule has 1 unspecified atom stereocenters. The van der Waals surface area contributed by atoms with Gasteiger partial charge in [0.05, 0.1) is 6.04 Å². The van der Waals surface area contributed by atoms with Crippen LogP contribution in [0.2, 0.25) is 0 Å². The highest BCUT2D eigenvalue weighted by atomic mass is 16.2. The van der Waals surface area contributed by atoms with E-state index in [-0.39, 0.29) is 11.9 Å². The van der Waals surface area contributed by atoms with Crippen LogP contribution in [0.3, 0.4) is 0 Å². The predicted octanol–water partition coefficient (Wildman–Crippen LogP) is 1.10. The summed E-state index contributed by atoms with van der Waals surface area (Å²) in [5, 5.41) is 3.73. The molecule has 2 heterocycles. The van der Waals surface area contributed by atoms with Crippen LogP contribution in [-0.2, 0) is 4.79 Å². The van der Waals surface area contributed by atoms with Gasteiger partial charge in [-0.15, -0.1) is 0 Å². The quantitative estimate of drug-likeness (QED) is 0.612. The van der Waals surface area contributed by atoms with Gasteiger partial charge in [0.1, 0.15) is 12.0 Å². The van der Waals surface area contributed by atoms with Gasteiger partial charge in [0.25, 0.3) is 5.91 Å². The molecule has 0 bridgehead atoms. The van der Waals surface area contributed by atoms with Gasteiger partial charge in [-0.25, -0.2) is 0 Å². The summed E-state index contributed by atoms with van der Waals surface area (Å²) in [7, 11) is 0. The fourth-order valence-corrected chi connectivity index (χ4v) is 2.52. The first kappa shape index (κ1) is 10.8. The lowest BCUT2D eigenvalue weighted by Crippen LogP contribution is -2.38. The van der Waals surface area contributed by atoms with Crippen LogP contribution >= 0.6 is 0 Å². The third kappa shape index (κ3) is 1.48. The Bertz CT molecular complexity index is 645. The number of nitrogens with zero attached hydrogens (tertiary/aromatic N) is 1. The van der Waals surface area contributed by atoms with E-state index in [0.29, 0.717) is 24.3 Å². The van der Waals surface area contributed by atoms with Gasteiger partial charge < -0.3 is 20.4 Å². The summed E-state index contributed by atoms with van der Waals surface area (Å²) in [5.74, 6) is -0.105. The number of aldehydes is 1. The van der Waals surface area contributed by atoms with Crippen LogP contribution in [0, 0.1) is 0 Å². The Morgan fingerprint density at radius 2 is 2.28 bits per heavy atom. The second kappa shape index (κ2) is 3.87. The molecule has 5 heteroatoms. The molecule has 1 aromatic carbocycles. The number of amides is 1. The topological polar surface area (TPSA) is 77.1 Å². The molecule has 1 atom stereocenters. The SMILES string of the molecule is Nc1ccc2c(c1)cc1n2C(CC=O)CNC1=O. The number of aromatic nitrogens is 1. The summed E-state index contributed by atoms with van der Waals surface area (Å²) in [4.78, 5) is 22.6. The van der Waals surface area contributed by atoms with E-state index in [0.717, 1.165) is 17.2 Å². The van der Waals surface area contributed by atoms with Crippen molar-refractivity contribution in [2.45, 2.75) is 12.5 Å². The van der Waals surface area contributed by atoms with Crippen molar-refractivity contribution in [1.82, 2.24) is 9.88 Å². The standard InChI is InChI=1S/C13H13N3O2/c14-9-1-2-11-8(5-9)6-12-13(18)15-7-10(3-4-17)16(11)12/h1-2,4-6,10H,3,7,14H2,(H,15,18). The molecule has 5 nitrogen and oxygen atoms in total. The molecule has 2 aromatic rings. The number of hydrogen-bond donors (Lipinski definition) is 2. The second-order valence-corrected chi connectivity index (χ2v) is 4.48. The average Bonchev–Trinajstić information content (AvgIpc) is 2.72. The van der Waals surface area contributed by atoms with Crippen LogP contribution in [-0.4, -0.2) is 23.3 Å². The molecule has 18 heavy (non-hydrogen) atoms. The number of nitrogen functional groups attached to an aromatic ring is 1. The number of carbonyl (C=O) groups is 2. The third-order valence-corrected chi connectivity index (χ3v) is 3.33. The van der Waals surface area contributed by atoms with E-state index >= 15 is 0 Å². The Morgan fingerprint density at radius 3 is 3.06 bits per heavy atom. The van der Waals surface area contributed by atoms with Gasteiger partial charge in [0.2, 0.25) is 0 Å². The van der Waals surface area contributed by atoms with Gasteiger partial charge in [0, 0.05) is 29.6 Å². The summed E-state index contributed by atoms with van der Waals surface area (Å²) >= 11 is 0. The maximum absolute atomic E-state index is 11.8. The summed E-state index contributed by atoms with van der Waals surface area (Å²) in [6, 6.07) is 7.34. The van der Waals surface area contributed by atoms with Gasteiger partial charge >= 0.3 is 0 Å². The molecule has 1 aliphatic heterocycles. The van der Waals surface area contributed by atoms with E-state index < -0.39 is 0 Å². The van der Waals surface area contributed by atoms with Crippen LogP contribution < -0.4 is 11.1 Å². The average molecular weight is 243 g/mol. The van der Waals surface area contributed by atoms with Crippen LogP contribution in [0.4, 0.5) is 5.69 Å². The first-order valence-electron chi connectivity index (χ1n) is 5.83. The summed E-state index contributed by atoms with van der Waals surface area (Å²) < 4.78 is 1.93. The molecule has 1 aliphatic rings. The molecule has 3 N–H and O–H groups in total. The first-order valence-corrected chi connectivity index (χ1v) is 5.83. The predicted molar refractivity (Wildman–Crippen MR) is 68.4 cm³/mol. The fourth-order valence-electron chi connectivity index (χ4n) is 2.52. The maximum Gasteiger partial charge on any atom is 0.268 e. The lowest BCUT2D eigenvalue weighted by Gasteiger charge is -2.25. The molecule has 1 amide bonds. The molecule has 0 fully saturated rings. The number of rotatable bonds is 2. The van der Waals surface area contributed by atoms with Crippen LogP contribution in [0.1, 0.15) is 23.0 Å². The van der Waals surface area contributed by atoms with Crippen molar-refractivity contribution < 1.29 is 9.59 Å². The summed E-state index contributed by atoms with van der Waals surface area (Å²) in [6.07, 6.45) is 1.27. The van der Waals surface area contributed by atoms with Crippen LogP contribution in [0.15, 0.2) is 24.3 Å².